The topological polar surface area (TPSA) is 29.1 Å². The van der Waals surface area contributed by atoms with E-state index >= 15 is 0 Å². The zero-order chi connectivity index (χ0) is 13.1. The molecule has 0 aliphatic heterocycles. The van der Waals surface area contributed by atoms with Crippen LogP contribution in [0.1, 0.15) is 15.9 Å². The van der Waals surface area contributed by atoms with Crippen molar-refractivity contribution in [3.8, 4) is 0 Å². The Labute approximate surface area is 103 Å². The lowest BCUT2D eigenvalue weighted by molar-refractivity contribution is 0.102. The van der Waals surface area contributed by atoms with Gasteiger partial charge in [-0.3, -0.25) is 4.79 Å². The highest BCUT2D eigenvalue weighted by atomic mass is 19.2. The van der Waals surface area contributed by atoms with E-state index in [0.717, 1.165) is 6.07 Å². The fraction of sp³-hybridized carbons (Fsp3) is 0.0714. The van der Waals surface area contributed by atoms with Crippen molar-refractivity contribution in [2.45, 2.75) is 6.92 Å². The Morgan fingerprint density at radius 3 is 2.39 bits per heavy atom. The van der Waals surface area contributed by atoms with Gasteiger partial charge in [-0.15, -0.1) is 0 Å². The molecule has 0 atom stereocenters. The fourth-order valence-corrected chi connectivity index (χ4v) is 1.62. The average molecular weight is 247 g/mol. The number of amides is 1. The lowest BCUT2D eigenvalue weighted by atomic mass is 10.1. The molecular weight excluding hydrogens is 236 g/mol. The Morgan fingerprint density at radius 2 is 1.72 bits per heavy atom. The Morgan fingerprint density at radius 1 is 1.06 bits per heavy atom. The largest absolute Gasteiger partial charge is 0.322 e. The molecule has 2 nitrogen and oxygen atoms in total. The minimum absolute atomic E-state index is 0.00318. The highest BCUT2D eigenvalue weighted by molar-refractivity contribution is 6.05. The minimum atomic E-state index is -0.990. The van der Waals surface area contributed by atoms with E-state index in [4.69, 9.17) is 0 Å². The van der Waals surface area contributed by atoms with Crippen LogP contribution in [0.4, 0.5) is 14.5 Å². The monoisotopic (exact) mass is 247 g/mol. The number of nitrogens with one attached hydrogen (secondary N) is 1. The van der Waals surface area contributed by atoms with Crippen molar-refractivity contribution >= 4 is 11.6 Å². The molecule has 1 amide bonds. The lowest BCUT2D eigenvalue weighted by Crippen LogP contribution is -2.14. The standard InChI is InChI=1S/C14H11F2NO/c1-9-11(7-8-12(15)13(9)16)14(18)17-10-5-3-2-4-6-10/h2-8H,1H3,(H,17,18). The molecule has 2 aromatic carbocycles. The van der Waals surface area contributed by atoms with E-state index in [1.807, 2.05) is 6.07 Å². The molecule has 0 radical (unpaired) electrons. The van der Waals surface area contributed by atoms with Crippen LogP contribution in [0, 0.1) is 18.6 Å². The van der Waals surface area contributed by atoms with Gasteiger partial charge in [0.15, 0.2) is 11.6 Å². The molecule has 0 aromatic heterocycles. The summed E-state index contributed by atoms with van der Waals surface area (Å²) >= 11 is 0. The second kappa shape index (κ2) is 4.96. The van der Waals surface area contributed by atoms with Gasteiger partial charge in [0.1, 0.15) is 0 Å². The molecule has 0 saturated heterocycles. The zero-order valence-corrected chi connectivity index (χ0v) is 9.71. The van der Waals surface area contributed by atoms with Crippen molar-refractivity contribution < 1.29 is 13.6 Å². The molecule has 0 unspecified atom stereocenters. The number of anilines is 1. The van der Waals surface area contributed by atoms with Crippen LogP contribution in [0.3, 0.4) is 0 Å². The predicted molar refractivity (Wildman–Crippen MR) is 65.5 cm³/mol. The maximum atomic E-state index is 13.3. The Hall–Kier alpha value is -2.23. The van der Waals surface area contributed by atoms with Crippen LogP contribution in [0.5, 0.6) is 0 Å². The van der Waals surface area contributed by atoms with Crippen LogP contribution in [0.25, 0.3) is 0 Å². The van der Waals surface area contributed by atoms with E-state index in [9.17, 15) is 13.6 Å². The Bertz CT molecular complexity index is 582. The summed E-state index contributed by atoms with van der Waals surface area (Å²) in [6.45, 7) is 1.37. The zero-order valence-electron chi connectivity index (χ0n) is 9.71. The van der Waals surface area contributed by atoms with Crippen LogP contribution in [0.2, 0.25) is 0 Å². The van der Waals surface area contributed by atoms with Crippen molar-refractivity contribution in [1.82, 2.24) is 0 Å². The summed E-state index contributed by atoms with van der Waals surface area (Å²) < 4.78 is 26.3. The summed E-state index contributed by atoms with van der Waals surface area (Å²) in [7, 11) is 0. The Kier molecular flexibility index (Phi) is 3.37. The molecule has 2 rings (SSSR count). The molecule has 0 aliphatic carbocycles. The van der Waals surface area contributed by atoms with Gasteiger partial charge < -0.3 is 5.32 Å². The number of carbonyl (C=O) groups excluding carboxylic acids is 1. The smallest absolute Gasteiger partial charge is 0.256 e. The molecule has 0 saturated carbocycles. The van der Waals surface area contributed by atoms with Gasteiger partial charge in [0, 0.05) is 16.8 Å². The van der Waals surface area contributed by atoms with Crippen LogP contribution >= 0.6 is 0 Å². The average Bonchev–Trinajstić information content (AvgIpc) is 2.37. The van der Waals surface area contributed by atoms with Crippen molar-refractivity contribution in [3.63, 3.8) is 0 Å². The molecule has 0 fully saturated rings. The van der Waals surface area contributed by atoms with Crippen molar-refractivity contribution in [2.24, 2.45) is 0 Å². The fourth-order valence-electron chi connectivity index (χ4n) is 1.62. The van der Waals surface area contributed by atoms with Crippen molar-refractivity contribution in [3.05, 3.63) is 65.2 Å². The summed E-state index contributed by atoms with van der Waals surface area (Å²) in [5.41, 5.74) is 0.729. The van der Waals surface area contributed by atoms with E-state index in [2.05, 4.69) is 5.32 Å². The van der Waals surface area contributed by atoms with Crippen LogP contribution in [-0.4, -0.2) is 5.91 Å². The van der Waals surface area contributed by atoms with Gasteiger partial charge in [-0.25, -0.2) is 8.78 Å². The number of rotatable bonds is 2. The second-order valence-corrected chi connectivity index (χ2v) is 3.85. The molecule has 1 N–H and O–H groups in total. The quantitative estimate of drug-likeness (QED) is 0.864. The molecule has 18 heavy (non-hydrogen) atoms. The van der Waals surface area contributed by atoms with Gasteiger partial charge in [-0.2, -0.15) is 0 Å². The third-order valence-corrected chi connectivity index (χ3v) is 2.62. The molecule has 0 heterocycles. The van der Waals surface area contributed by atoms with Crippen molar-refractivity contribution in [2.75, 3.05) is 5.32 Å². The molecule has 2 aromatic rings. The normalized spacial score (nSPS) is 10.2. The van der Waals surface area contributed by atoms with Gasteiger partial charge in [0.25, 0.3) is 5.91 Å². The van der Waals surface area contributed by atoms with Crippen LogP contribution < -0.4 is 5.32 Å². The summed E-state index contributed by atoms with van der Waals surface area (Å²) in [5, 5.41) is 2.62. The first kappa shape index (κ1) is 12.2. The third-order valence-electron chi connectivity index (χ3n) is 2.62. The third kappa shape index (κ3) is 2.37. The number of hydrogen-bond donors (Lipinski definition) is 1. The van der Waals surface area contributed by atoms with E-state index in [1.165, 1.54) is 13.0 Å². The maximum Gasteiger partial charge on any atom is 0.256 e. The summed E-state index contributed by atoms with van der Waals surface area (Å²) in [6.07, 6.45) is 0. The van der Waals surface area contributed by atoms with Gasteiger partial charge in [0.05, 0.1) is 0 Å². The SMILES string of the molecule is Cc1c(C(=O)Nc2ccccc2)ccc(F)c1F. The van der Waals surface area contributed by atoms with Gasteiger partial charge in [-0.05, 0) is 31.2 Å². The van der Waals surface area contributed by atoms with Gasteiger partial charge in [-0.1, -0.05) is 18.2 Å². The van der Waals surface area contributed by atoms with Gasteiger partial charge >= 0.3 is 0 Å². The molecule has 0 bridgehead atoms. The van der Waals surface area contributed by atoms with E-state index < -0.39 is 17.5 Å². The first-order chi connectivity index (χ1) is 8.59. The molecule has 0 aliphatic rings. The molecule has 0 spiro atoms. The molecular formula is C14H11F2NO. The van der Waals surface area contributed by atoms with Crippen molar-refractivity contribution in [1.29, 1.82) is 0 Å². The van der Waals surface area contributed by atoms with E-state index in [-0.39, 0.29) is 11.1 Å². The summed E-state index contributed by atoms with van der Waals surface area (Å²) in [6, 6.07) is 11.0. The number of hydrogen-bond acceptors (Lipinski definition) is 1. The number of para-hydroxylation sites is 1. The predicted octanol–water partition coefficient (Wildman–Crippen LogP) is 3.53. The van der Waals surface area contributed by atoms with Crippen LogP contribution in [0.15, 0.2) is 42.5 Å². The minimum Gasteiger partial charge on any atom is -0.322 e. The highest BCUT2D eigenvalue weighted by Gasteiger charge is 2.15. The number of carbonyl (C=O) groups is 1. The first-order valence-corrected chi connectivity index (χ1v) is 5.40. The molecule has 92 valence electrons. The Balaban J connectivity index is 2.28. The maximum absolute atomic E-state index is 13.3. The van der Waals surface area contributed by atoms with Crippen LogP contribution in [-0.2, 0) is 0 Å². The van der Waals surface area contributed by atoms with E-state index in [0.29, 0.717) is 5.69 Å². The lowest BCUT2D eigenvalue weighted by Gasteiger charge is -2.08. The highest BCUT2D eigenvalue weighted by Crippen LogP contribution is 2.17. The number of benzene rings is 2. The second-order valence-electron chi connectivity index (χ2n) is 3.85. The number of halogens is 2. The van der Waals surface area contributed by atoms with E-state index in [1.54, 1.807) is 24.3 Å². The van der Waals surface area contributed by atoms with Gasteiger partial charge in [0.2, 0.25) is 0 Å². The summed E-state index contributed by atoms with van der Waals surface area (Å²) in [5.74, 6) is -2.41. The first-order valence-electron chi connectivity index (χ1n) is 5.40. The summed E-state index contributed by atoms with van der Waals surface area (Å²) in [4.78, 5) is 11.9. The molecule has 4 heteroatoms.